The highest BCUT2D eigenvalue weighted by molar-refractivity contribution is 7.92. The standard InChI is InChI=1S/C29H30F2N6O5S/c1-29(2,3)42-28(38)37-11-9-36(10-12-37)26-21-13-18(5-7-23(21)33-17-34-26)19-14-24(27(41-4)32-16-19)35-43(39,40)25-8-6-20(30)15-22(25)31/h5-8,13-17,35H,9-12H2,1-4H3. The third-order valence-electron chi connectivity index (χ3n) is 6.65. The molecule has 0 saturated carbocycles. The van der Waals surface area contributed by atoms with Crippen LogP contribution in [0.4, 0.5) is 25.1 Å². The summed E-state index contributed by atoms with van der Waals surface area (Å²) in [6.07, 6.45) is 2.63. The maximum absolute atomic E-state index is 14.3. The molecule has 1 amide bonds. The number of ether oxygens (including phenoxy) is 2. The lowest BCUT2D eigenvalue weighted by atomic mass is 10.0. The lowest BCUT2D eigenvalue weighted by molar-refractivity contribution is 0.0240. The van der Waals surface area contributed by atoms with Gasteiger partial charge >= 0.3 is 6.09 Å². The molecule has 1 fully saturated rings. The first-order valence-electron chi connectivity index (χ1n) is 13.3. The summed E-state index contributed by atoms with van der Waals surface area (Å²) in [4.78, 5) is 28.7. The Labute approximate surface area is 247 Å². The van der Waals surface area contributed by atoms with Gasteiger partial charge in [0.15, 0.2) is 0 Å². The highest BCUT2D eigenvalue weighted by atomic mass is 32.2. The van der Waals surface area contributed by atoms with E-state index in [4.69, 9.17) is 9.47 Å². The number of nitrogens with zero attached hydrogens (tertiary/aromatic N) is 5. The van der Waals surface area contributed by atoms with Crippen LogP contribution in [0.5, 0.6) is 5.88 Å². The minimum absolute atomic E-state index is 0.0355. The number of carbonyl (C=O) groups excluding carboxylic acids is 1. The van der Waals surface area contributed by atoms with Crippen LogP contribution in [0.15, 0.2) is 59.9 Å². The molecule has 0 radical (unpaired) electrons. The highest BCUT2D eigenvalue weighted by Crippen LogP contribution is 2.33. The van der Waals surface area contributed by atoms with Gasteiger partial charge in [-0.15, -0.1) is 0 Å². The van der Waals surface area contributed by atoms with Gasteiger partial charge in [-0.2, -0.15) is 0 Å². The summed E-state index contributed by atoms with van der Waals surface area (Å²) < 4.78 is 66.6. The second-order valence-electron chi connectivity index (χ2n) is 10.8. The Balaban J connectivity index is 1.43. The van der Waals surface area contributed by atoms with Gasteiger partial charge in [-0.1, -0.05) is 6.07 Å². The van der Waals surface area contributed by atoms with Gasteiger partial charge in [-0.3, -0.25) is 4.72 Å². The minimum Gasteiger partial charge on any atom is -0.480 e. The van der Waals surface area contributed by atoms with Gasteiger partial charge in [-0.05, 0) is 56.7 Å². The van der Waals surface area contributed by atoms with Crippen molar-refractivity contribution in [3.05, 3.63) is 66.6 Å². The number of piperazine rings is 1. The summed E-state index contributed by atoms with van der Waals surface area (Å²) in [5.74, 6) is -1.49. The number of methoxy groups -OCH3 is 1. The highest BCUT2D eigenvalue weighted by Gasteiger charge is 2.27. The topological polar surface area (TPSA) is 127 Å². The van der Waals surface area contributed by atoms with Crippen molar-refractivity contribution >= 4 is 38.5 Å². The van der Waals surface area contributed by atoms with Gasteiger partial charge < -0.3 is 19.3 Å². The molecule has 226 valence electrons. The minimum atomic E-state index is -4.44. The van der Waals surface area contributed by atoms with Crippen molar-refractivity contribution in [1.29, 1.82) is 0 Å². The predicted molar refractivity (Wildman–Crippen MR) is 157 cm³/mol. The second kappa shape index (κ2) is 11.6. The molecule has 14 heteroatoms. The zero-order valence-corrected chi connectivity index (χ0v) is 24.8. The van der Waals surface area contributed by atoms with Gasteiger partial charge in [0.2, 0.25) is 5.88 Å². The Morgan fingerprint density at radius 3 is 2.37 bits per heavy atom. The van der Waals surface area contributed by atoms with Crippen LogP contribution >= 0.6 is 0 Å². The number of anilines is 2. The number of nitrogens with one attached hydrogen (secondary N) is 1. The van der Waals surface area contributed by atoms with E-state index in [9.17, 15) is 22.0 Å². The SMILES string of the molecule is COc1ncc(-c2ccc3ncnc(N4CCN(C(=O)OC(C)(C)C)CC4)c3c2)cc1NS(=O)(=O)c1ccc(F)cc1F. The van der Waals surface area contributed by atoms with Crippen molar-refractivity contribution in [2.45, 2.75) is 31.3 Å². The molecule has 2 aromatic carbocycles. The van der Waals surface area contributed by atoms with E-state index in [1.54, 1.807) is 11.0 Å². The van der Waals surface area contributed by atoms with E-state index in [0.717, 1.165) is 17.5 Å². The summed E-state index contributed by atoms with van der Waals surface area (Å²) >= 11 is 0. The van der Waals surface area contributed by atoms with Crippen LogP contribution in [0.2, 0.25) is 0 Å². The summed E-state index contributed by atoms with van der Waals surface area (Å²) in [7, 11) is -3.12. The van der Waals surface area contributed by atoms with Crippen molar-refractivity contribution in [2.24, 2.45) is 0 Å². The number of rotatable bonds is 6. The largest absolute Gasteiger partial charge is 0.480 e. The summed E-state index contributed by atoms with van der Waals surface area (Å²) in [5, 5.41) is 0.747. The average molecular weight is 613 g/mol. The molecule has 1 aliphatic heterocycles. The fraction of sp³-hybridized carbons (Fsp3) is 0.310. The molecule has 1 saturated heterocycles. The third kappa shape index (κ3) is 6.58. The fourth-order valence-corrected chi connectivity index (χ4v) is 5.75. The number of sulfonamides is 1. The van der Waals surface area contributed by atoms with Gasteiger partial charge in [0, 0.05) is 49.4 Å². The molecule has 3 heterocycles. The van der Waals surface area contributed by atoms with Gasteiger partial charge in [0.25, 0.3) is 10.0 Å². The first-order valence-corrected chi connectivity index (χ1v) is 14.8. The Kier molecular flexibility index (Phi) is 8.06. The maximum atomic E-state index is 14.3. The van der Waals surface area contributed by atoms with Crippen molar-refractivity contribution < 1.29 is 31.5 Å². The number of amides is 1. The summed E-state index contributed by atoms with van der Waals surface area (Å²) in [6, 6.07) is 9.19. The van der Waals surface area contributed by atoms with Gasteiger partial charge in [0.05, 0.1) is 12.6 Å². The molecule has 11 nitrogen and oxygen atoms in total. The number of fused-ring (bicyclic) bond motifs is 1. The van der Waals surface area contributed by atoms with E-state index >= 15 is 0 Å². The lowest BCUT2D eigenvalue weighted by Gasteiger charge is -2.36. The van der Waals surface area contributed by atoms with Crippen LogP contribution < -0.4 is 14.4 Å². The number of halogens is 2. The van der Waals surface area contributed by atoms with Crippen molar-refractivity contribution in [1.82, 2.24) is 19.9 Å². The van der Waals surface area contributed by atoms with Crippen LogP contribution in [0.3, 0.4) is 0 Å². The maximum Gasteiger partial charge on any atom is 0.410 e. The number of pyridine rings is 1. The zero-order chi connectivity index (χ0) is 30.9. The van der Waals surface area contributed by atoms with Crippen LogP contribution in [0, 0.1) is 11.6 Å². The molecule has 0 atom stereocenters. The van der Waals surface area contributed by atoms with Crippen LogP contribution in [-0.4, -0.2) is 73.3 Å². The lowest BCUT2D eigenvalue weighted by Crippen LogP contribution is -2.50. The predicted octanol–water partition coefficient (Wildman–Crippen LogP) is 4.84. The summed E-state index contributed by atoms with van der Waals surface area (Å²) in [6.45, 7) is 7.46. The first kappa shape index (κ1) is 29.9. The molecule has 0 aliphatic carbocycles. The Bertz CT molecular complexity index is 1790. The smallest absolute Gasteiger partial charge is 0.410 e. The second-order valence-corrected chi connectivity index (χ2v) is 12.5. The van der Waals surface area contributed by atoms with Crippen molar-refractivity contribution in [3.8, 4) is 17.0 Å². The Morgan fingerprint density at radius 1 is 0.953 bits per heavy atom. The van der Waals surface area contributed by atoms with Crippen molar-refractivity contribution in [3.63, 3.8) is 0 Å². The number of aromatic nitrogens is 3. The average Bonchev–Trinajstić information content (AvgIpc) is 2.95. The molecule has 0 unspecified atom stereocenters. The fourth-order valence-electron chi connectivity index (χ4n) is 4.64. The number of benzene rings is 2. The van der Waals surface area contributed by atoms with E-state index in [2.05, 4.69) is 24.6 Å². The molecular weight excluding hydrogens is 582 g/mol. The molecule has 5 rings (SSSR count). The molecule has 1 N–H and O–H groups in total. The van der Waals surface area contributed by atoms with Crippen LogP contribution in [-0.2, 0) is 14.8 Å². The molecule has 1 aliphatic rings. The van der Waals surface area contributed by atoms with E-state index in [0.29, 0.717) is 54.7 Å². The third-order valence-corrected chi connectivity index (χ3v) is 8.05. The summed E-state index contributed by atoms with van der Waals surface area (Å²) in [5.41, 5.74) is 1.29. The van der Waals surface area contributed by atoms with Gasteiger partial charge in [-0.25, -0.2) is 36.9 Å². The van der Waals surface area contributed by atoms with E-state index in [-0.39, 0.29) is 17.7 Å². The number of carbonyl (C=O) groups is 1. The van der Waals surface area contributed by atoms with Crippen molar-refractivity contribution in [2.75, 3.05) is 42.9 Å². The number of hydrogen-bond acceptors (Lipinski definition) is 9. The molecule has 43 heavy (non-hydrogen) atoms. The quantitative estimate of drug-likeness (QED) is 0.326. The molecular formula is C29H30F2N6O5S. The van der Waals surface area contributed by atoms with Gasteiger partial charge in [0.1, 0.15) is 40.0 Å². The number of hydrogen-bond donors (Lipinski definition) is 1. The van der Waals surface area contributed by atoms with E-state index in [1.807, 2.05) is 32.9 Å². The molecule has 4 aromatic rings. The molecule has 0 bridgehead atoms. The van der Waals surface area contributed by atoms with E-state index < -0.39 is 32.2 Å². The van der Waals surface area contributed by atoms with Crippen LogP contribution in [0.25, 0.3) is 22.0 Å². The monoisotopic (exact) mass is 612 g/mol. The molecule has 0 spiro atoms. The normalized spacial score (nSPS) is 14.1. The zero-order valence-electron chi connectivity index (χ0n) is 24.0. The first-order chi connectivity index (χ1) is 20.3. The van der Waals surface area contributed by atoms with E-state index in [1.165, 1.54) is 25.7 Å². The van der Waals surface area contributed by atoms with Crippen LogP contribution in [0.1, 0.15) is 20.8 Å². The molecule has 2 aromatic heterocycles. The Hall–Kier alpha value is -4.59. The Morgan fingerprint density at radius 2 is 1.70 bits per heavy atom.